The average molecular weight is 601 g/mol. The van der Waals surface area contributed by atoms with Crippen molar-refractivity contribution < 1.29 is 14.7 Å². The third kappa shape index (κ3) is 4.90. The molecule has 0 aromatic heterocycles. The van der Waals surface area contributed by atoms with Crippen molar-refractivity contribution in [3.63, 3.8) is 0 Å². The van der Waals surface area contributed by atoms with Crippen LogP contribution in [-0.2, 0) is 0 Å². The summed E-state index contributed by atoms with van der Waals surface area (Å²) in [6.07, 6.45) is 7.63. The van der Waals surface area contributed by atoms with Crippen LogP contribution in [0, 0.1) is 0 Å². The zero-order valence-electron chi connectivity index (χ0n) is 25.2. The molecule has 1 saturated carbocycles. The van der Waals surface area contributed by atoms with E-state index in [9.17, 15) is 14.7 Å². The molecule has 46 heavy (non-hydrogen) atoms. The maximum atomic E-state index is 13.1. The highest BCUT2D eigenvalue weighted by Gasteiger charge is 2.42. The third-order valence-electron chi connectivity index (χ3n) is 9.51. The second-order valence-corrected chi connectivity index (χ2v) is 12.3. The van der Waals surface area contributed by atoms with Crippen LogP contribution in [0.3, 0.4) is 0 Å². The molecule has 5 aromatic carbocycles. The van der Waals surface area contributed by atoms with Crippen molar-refractivity contribution in [3.8, 4) is 0 Å². The van der Waals surface area contributed by atoms with Crippen molar-refractivity contribution in [2.24, 2.45) is 0 Å². The summed E-state index contributed by atoms with van der Waals surface area (Å²) in [6.45, 7) is 0. The molecule has 5 heteroatoms. The molecule has 2 N–H and O–H groups in total. The van der Waals surface area contributed by atoms with Gasteiger partial charge in [-0.15, -0.1) is 0 Å². The number of Topliss-reactive ketones (excluding diaryl/α,β-unsaturated/α-hetero) is 1. The van der Waals surface area contributed by atoms with Crippen LogP contribution in [0.15, 0.2) is 127 Å². The standard InChI is InChI=1S/C41H32N2O3/c44-40-35-25-30(41(45)46)17-20-36(35)42-37(40)24-27-16-21-39-34(23-27)32-12-7-13-38(32)43(39)31-18-14-26(15-19-31)22-33(28-8-3-1-4-9-28)29-10-5-2-6-11-29/h1-6,8-11,14-25,32,38,42H,7,12-13H2,(H,45,46)/b37-24+. The minimum Gasteiger partial charge on any atom is -0.478 e. The summed E-state index contributed by atoms with van der Waals surface area (Å²) in [4.78, 5) is 27.1. The van der Waals surface area contributed by atoms with Gasteiger partial charge in [-0.3, -0.25) is 4.79 Å². The van der Waals surface area contributed by atoms with E-state index < -0.39 is 5.97 Å². The molecule has 5 aromatic rings. The van der Waals surface area contributed by atoms with Crippen LogP contribution in [0.1, 0.15) is 73.7 Å². The molecule has 5 nitrogen and oxygen atoms in total. The van der Waals surface area contributed by atoms with Gasteiger partial charge in [0.2, 0.25) is 5.78 Å². The Morgan fingerprint density at radius 2 is 1.46 bits per heavy atom. The molecule has 1 fully saturated rings. The Labute approximate surface area is 268 Å². The van der Waals surface area contributed by atoms with Gasteiger partial charge in [-0.05, 0) is 101 Å². The normalized spacial score (nSPS) is 18.6. The number of hydrogen-bond acceptors (Lipinski definition) is 4. The molecule has 1 aliphatic carbocycles. The van der Waals surface area contributed by atoms with E-state index in [4.69, 9.17) is 0 Å². The van der Waals surface area contributed by atoms with Crippen molar-refractivity contribution in [1.29, 1.82) is 0 Å². The number of anilines is 3. The number of allylic oxidation sites excluding steroid dienone is 1. The summed E-state index contributed by atoms with van der Waals surface area (Å²) < 4.78 is 0. The molecule has 0 amide bonds. The van der Waals surface area contributed by atoms with E-state index >= 15 is 0 Å². The number of carbonyl (C=O) groups excluding carboxylic acids is 1. The number of aromatic carboxylic acids is 1. The van der Waals surface area contributed by atoms with Crippen molar-refractivity contribution in [2.45, 2.75) is 31.2 Å². The van der Waals surface area contributed by atoms with E-state index in [1.54, 1.807) is 6.07 Å². The van der Waals surface area contributed by atoms with Gasteiger partial charge in [0.05, 0.1) is 11.3 Å². The summed E-state index contributed by atoms with van der Waals surface area (Å²) >= 11 is 0. The fourth-order valence-corrected chi connectivity index (χ4v) is 7.36. The van der Waals surface area contributed by atoms with Gasteiger partial charge < -0.3 is 15.3 Å². The number of carboxylic acids is 1. The van der Waals surface area contributed by atoms with E-state index in [0.717, 1.165) is 24.0 Å². The minimum atomic E-state index is -1.04. The summed E-state index contributed by atoms with van der Waals surface area (Å²) in [5.74, 6) is -0.786. The van der Waals surface area contributed by atoms with E-state index in [-0.39, 0.29) is 11.3 Å². The van der Waals surface area contributed by atoms with Crippen molar-refractivity contribution >= 4 is 46.5 Å². The first kappa shape index (κ1) is 27.8. The third-order valence-corrected chi connectivity index (χ3v) is 9.51. The first-order valence-corrected chi connectivity index (χ1v) is 15.8. The Morgan fingerprint density at radius 3 is 2.15 bits per heavy atom. The number of nitrogens with zero attached hydrogens (tertiary/aromatic N) is 1. The lowest BCUT2D eigenvalue weighted by atomic mass is 9.95. The Hall–Kier alpha value is -5.68. The van der Waals surface area contributed by atoms with E-state index in [2.05, 4.69) is 107 Å². The Balaban J connectivity index is 1.10. The average Bonchev–Trinajstić information content (AvgIpc) is 3.77. The van der Waals surface area contributed by atoms with E-state index in [1.165, 1.54) is 52.2 Å². The number of rotatable bonds is 6. The monoisotopic (exact) mass is 600 g/mol. The smallest absolute Gasteiger partial charge is 0.335 e. The number of hydrogen-bond donors (Lipinski definition) is 2. The van der Waals surface area contributed by atoms with Crippen LogP contribution in [0.2, 0.25) is 0 Å². The van der Waals surface area contributed by atoms with Gasteiger partial charge in [0.25, 0.3) is 0 Å². The van der Waals surface area contributed by atoms with E-state index in [1.807, 2.05) is 18.2 Å². The molecule has 2 heterocycles. The van der Waals surface area contributed by atoms with Crippen LogP contribution in [0.4, 0.5) is 17.1 Å². The highest BCUT2D eigenvalue weighted by Crippen LogP contribution is 2.52. The molecule has 2 atom stereocenters. The molecule has 8 rings (SSSR count). The predicted octanol–water partition coefficient (Wildman–Crippen LogP) is 9.41. The first-order valence-electron chi connectivity index (χ1n) is 15.8. The Kier molecular flexibility index (Phi) is 6.87. The molecular weight excluding hydrogens is 568 g/mol. The largest absolute Gasteiger partial charge is 0.478 e. The molecule has 2 unspecified atom stereocenters. The highest BCUT2D eigenvalue weighted by atomic mass is 16.4. The van der Waals surface area contributed by atoms with Crippen LogP contribution in [0.25, 0.3) is 17.7 Å². The molecule has 2 aliphatic heterocycles. The molecule has 224 valence electrons. The summed E-state index contributed by atoms with van der Waals surface area (Å²) in [5.41, 5.74) is 11.0. The lowest BCUT2D eigenvalue weighted by Gasteiger charge is -2.27. The molecule has 0 spiro atoms. The molecular formula is C41H32N2O3. The van der Waals surface area contributed by atoms with Gasteiger partial charge in [0, 0.05) is 34.6 Å². The fourth-order valence-electron chi connectivity index (χ4n) is 7.36. The maximum absolute atomic E-state index is 13.1. The van der Waals surface area contributed by atoms with Crippen LogP contribution in [0.5, 0.6) is 0 Å². The lowest BCUT2D eigenvalue weighted by Crippen LogP contribution is -2.26. The summed E-state index contributed by atoms with van der Waals surface area (Å²) in [5, 5.41) is 12.5. The summed E-state index contributed by atoms with van der Waals surface area (Å²) in [7, 11) is 0. The SMILES string of the molecule is O=C(O)c1ccc2c(c1)C(=O)/C(=C\c1ccc3c(c1)C1CCCC1N3c1ccc(C=C(c3ccccc3)c3ccccc3)cc1)N2. The first-order chi connectivity index (χ1) is 22.5. The number of ketones is 1. The van der Waals surface area contributed by atoms with Crippen LogP contribution in [-0.4, -0.2) is 22.9 Å². The van der Waals surface area contributed by atoms with Crippen LogP contribution >= 0.6 is 0 Å². The van der Waals surface area contributed by atoms with Gasteiger partial charge in [-0.1, -0.05) is 85.3 Å². The molecule has 3 aliphatic rings. The number of benzene rings is 5. The van der Waals surface area contributed by atoms with Gasteiger partial charge >= 0.3 is 5.97 Å². The lowest BCUT2D eigenvalue weighted by molar-refractivity contribution is 0.0697. The van der Waals surface area contributed by atoms with E-state index in [0.29, 0.717) is 28.9 Å². The second-order valence-electron chi connectivity index (χ2n) is 12.3. The maximum Gasteiger partial charge on any atom is 0.335 e. The zero-order chi connectivity index (χ0) is 31.2. The van der Waals surface area contributed by atoms with Crippen LogP contribution < -0.4 is 10.2 Å². The van der Waals surface area contributed by atoms with Crippen molar-refractivity contribution in [1.82, 2.24) is 0 Å². The Bertz CT molecular complexity index is 2000. The summed E-state index contributed by atoms with van der Waals surface area (Å²) in [6, 6.07) is 41.5. The van der Waals surface area contributed by atoms with Gasteiger partial charge in [0.1, 0.15) is 0 Å². The number of carbonyl (C=O) groups is 2. The topological polar surface area (TPSA) is 69.6 Å². The fraction of sp³-hybridized carbons (Fsp3) is 0.122. The van der Waals surface area contributed by atoms with Crippen molar-refractivity contribution in [2.75, 3.05) is 10.2 Å². The zero-order valence-corrected chi connectivity index (χ0v) is 25.2. The van der Waals surface area contributed by atoms with Gasteiger partial charge in [-0.2, -0.15) is 0 Å². The molecule has 0 radical (unpaired) electrons. The highest BCUT2D eigenvalue weighted by molar-refractivity contribution is 6.21. The second kappa shape index (κ2) is 11.4. The molecule has 0 saturated heterocycles. The van der Waals surface area contributed by atoms with Gasteiger partial charge in [0.15, 0.2) is 0 Å². The number of fused-ring (bicyclic) bond motifs is 4. The quantitative estimate of drug-likeness (QED) is 0.150. The van der Waals surface area contributed by atoms with Crippen molar-refractivity contribution in [3.05, 3.63) is 166 Å². The predicted molar refractivity (Wildman–Crippen MR) is 185 cm³/mol. The Morgan fingerprint density at radius 1 is 0.761 bits per heavy atom. The minimum absolute atomic E-state index is 0.108. The number of carboxylic acid groups (broad SMARTS) is 1. The number of nitrogens with one attached hydrogen (secondary N) is 1. The molecule has 0 bridgehead atoms. The van der Waals surface area contributed by atoms with Gasteiger partial charge in [-0.25, -0.2) is 4.79 Å².